The number of hydrogen-bond acceptors (Lipinski definition) is 5. The minimum Gasteiger partial charge on any atom is -0.508 e. The number of carbonyl (C=O) groups excluding carboxylic acids is 1. The summed E-state index contributed by atoms with van der Waals surface area (Å²) in [7, 11) is 0. The molecule has 0 saturated carbocycles. The number of aromatic nitrogens is 3. The van der Waals surface area contributed by atoms with E-state index in [1.165, 1.54) is 0 Å². The standard InChI is InChI=1S/C23H18N4O3/c28-16-7-5-15(6-8-16)22-19-20(17-3-1-2-4-18(17)29)25-26-21(19)23(30)27(22)13-14-9-11-24-12-10-14/h1-12,22,28-29H,13H2,(H,25,26)/t22-/m1/s1. The number of pyridine rings is 1. The van der Waals surface area contributed by atoms with Crippen LogP contribution in [0.4, 0.5) is 0 Å². The number of carbonyl (C=O) groups is 1. The van der Waals surface area contributed by atoms with Crippen molar-refractivity contribution in [2.75, 3.05) is 0 Å². The lowest BCUT2D eigenvalue weighted by Crippen LogP contribution is -2.29. The average Bonchev–Trinajstić information content (AvgIpc) is 3.30. The molecule has 4 aromatic rings. The molecule has 7 nitrogen and oxygen atoms in total. The molecule has 3 heterocycles. The first-order chi connectivity index (χ1) is 14.6. The van der Waals surface area contributed by atoms with E-state index in [4.69, 9.17) is 0 Å². The van der Waals surface area contributed by atoms with E-state index in [9.17, 15) is 15.0 Å². The summed E-state index contributed by atoms with van der Waals surface area (Å²) in [5.74, 6) is 0.0717. The molecule has 7 heteroatoms. The second-order valence-electron chi connectivity index (χ2n) is 7.16. The van der Waals surface area contributed by atoms with Crippen molar-refractivity contribution >= 4 is 5.91 Å². The maximum absolute atomic E-state index is 13.3. The van der Waals surface area contributed by atoms with E-state index < -0.39 is 6.04 Å². The Balaban J connectivity index is 1.67. The molecule has 1 aliphatic rings. The van der Waals surface area contributed by atoms with Gasteiger partial charge in [-0.3, -0.25) is 14.9 Å². The lowest BCUT2D eigenvalue weighted by Gasteiger charge is -2.26. The molecule has 30 heavy (non-hydrogen) atoms. The number of nitrogens with one attached hydrogen (secondary N) is 1. The number of benzene rings is 2. The Morgan fingerprint density at radius 1 is 0.967 bits per heavy atom. The summed E-state index contributed by atoms with van der Waals surface area (Å²) in [6, 6.07) is 17.0. The lowest BCUT2D eigenvalue weighted by atomic mass is 9.95. The second-order valence-corrected chi connectivity index (χ2v) is 7.16. The summed E-state index contributed by atoms with van der Waals surface area (Å²) >= 11 is 0. The summed E-state index contributed by atoms with van der Waals surface area (Å²) in [6.07, 6.45) is 3.39. The van der Waals surface area contributed by atoms with Crippen LogP contribution in [-0.2, 0) is 6.54 Å². The number of nitrogens with zero attached hydrogens (tertiary/aromatic N) is 3. The highest BCUT2D eigenvalue weighted by molar-refractivity contribution is 6.00. The SMILES string of the molecule is O=C1c2[nH]nc(-c3ccccc3O)c2[C@@H](c2ccc(O)cc2)N1Cc1ccncc1. The number of para-hydroxylation sites is 1. The molecule has 0 unspecified atom stereocenters. The third-order valence-corrected chi connectivity index (χ3v) is 5.33. The fourth-order valence-corrected chi connectivity index (χ4v) is 3.93. The Labute approximate surface area is 172 Å². The van der Waals surface area contributed by atoms with Gasteiger partial charge in [0.05, 0.1) is 6.04 Å². The molecule has 0 fully saturated rings. The Morgan fingerprint density at radius 2 is 1.70 bits per heavy atom. The molecular formula is C23H18N4O3. The zero-order valence-electron chi connectivity index (χ0n) is 15.9. The van der Waals surface area contributed by atoms with Crippen molar-refractivity contribution in [2.24, 2.45) is 0 Å². The third kappa shape index (κ3) is 2.88. The maximum atomic E-state index is 13.3. The van der Waals surface area contributed by atoms with Gasteiger partial charge in [-0.05, 0) is 47.5 Å². The van der Waals surface area contributed by atoms with Gasteiger partial charge in [0.25, 0.3) is 5.91 Å². The van der Waals surface area contributed by atoms with E-state index in [1.54, 1.807) is 59.8 Å². The van der Waals surface area contributed by atoms with Crippen LogP contribution in [0.1, 0.15) is 33.2 Å². The second kappa shape index (κ2) is 7.04. The number of aromatic amines is 1. The molecule has 1 aliphatic heterocycles. The number of aromatic hydroxyl groups is 2. The van der Waals surface area contributed by atoms with Crippen LogP contribution in [0.2, 0.25) is 0 Å². The predicted octanol–water partition coefficient (Wildman–Crippen LogP) is 3.63. The lowest BCUT2D eigenvalue weighted by molar-refractivity contribution is 0.0730. The van der Waals surface area contributed by atoms with Crippen molar-refractivity contribution in [3.63, 3.8) is 0 Å². The zero-order valence-corrected chi connectivity index (χ0v) is 15.9. The summed E-state index contributed by atoms with van der Waals surface area (Å²) in [4.78, 5) is 19.1. The van der Waals surface area contributed by atoms with Crippen molar-refractivity contribution in [3.05, 3.63) is 95.4 Å². The summed E-state index contributed by atoms with van der Waals surface area (Å²) < 4.78 is 0. The molecule has 1 atom stereocenters. The van der Waals surface area contributed by atoms with E-state index >= 15 is 0 Å². The fourth-order valence-electron chi connectivity index (χ4n) is 3.93. The number of fused-ring (bicyclic) bond motifs is 1. The molecule has 2 aromatic carbocycles. The van der Waals surface area contributed by atoms with Gasteiger partial charge in [-0.1, -0.05) is 24.3 Å². The van der Waals surface area contributed by atoms with Gasteiger partial charge in [0, 0.05) is 30.1 Å². The largest absolute Gasteiger partial charge is 0.508 e. The monoisotopic (exact) mass is 398 g/mol. The van der Waals surface area contributed by atoms with Gasteiger partial charge in [0.2, 0.25) is 0 Å². The van der Waals surface area contributed by atoms with Gasteiger partial charge in [0.1, 0.15) is 22.9 Å². The van der Waals surface area contributed by atoms with Crippen LogP contribution in [0.5, 0.6) is 11.5 Å². The highest BCUT2D eigenvalue weighted by Crippen LogP contribution is 2.45. The molecule has 0 radical (unpaired) electrons. The van der Waals surface area contributed by atoms with Gasteiger partial charge >= 0.3 is 0 Å². The highest BCUT2D eigenvalue weighted by Gasteiger charge is 2.42. The van der Waals surface area contributed by atoms with E-state index in [1.807, 2.05) is 18.2 Å². The minimum absolute atomic E-state index is 0.0938. The van der Waals surface area contributed by atoms with Crippen LogP contribution in [0.3, 0.4) is 0 Å². The van der Waals surface area contributed by atoms with Gasteiger partial charge in [-0.2, -0.15) is 5.10 Å². The van der Waals surface area contributed by atoms with Crippen LogP contribution in [-0.4, -0.2) is 36.2 Å². The average molecular weight is 398 g/mol. The van der Waals surface area contributed by atoms with Gasteiger partial charge in [0.15, 0.2) is 0 Å². The van der Waals surface area contributed by atoms with Crippen LogP contribution < -0.4 is 0 Å². The van der Waals surface area contributed by atoms with Crippen molar-refractivity contribution in [1.29, 1.82) is 0 Å². The number of amides is 1. The predicted molar refractivity (Wildman–Crippen MR) is 110 cm³/mol. The topological polar surface area (TPSA) is 102 Å². The van der Waals surface area contributed by atoms with Crippen molar-refractivity contribution < 1.29 is 15.0 Å². The van der Waals surface area contributed by atoms with Crippen LogP contribution >= 0.6 is 0 Å². The third-order valence-electron chi connectivity index (χ3n) is 5.33. The Kier molecular flexibility index (Phi) is 4.21. The molecule has 2 aromatic heterocycles. The molecule has 0 spiro atoms. The molecule has 3 N–H and O–H groups in total. The molecule has 0 bridgehead atoms. The quantitative estimate of drug-likeness (QED) is 0.487. The number of hydrogen-bond donors (Lipinski definition) is 3. The number of phenols is 2. The normalized spacial score (nSPS) is 15.4. The Hall–Kier alpha value is -4.13. The van der Waals surface area contributed by atoms with E-state index in [0.717, 1.165) is 11.1 Å². The van der Waals surface area contributed by atoms with E-state index in [2.05, 4.69) is 15.2 Å². The molecule has 1 amide bonds. The van der Waals surface area contributed by atoms with Crippen LogP contribution in [0, 0.1) is 0 Å². The molecular weight excluding hydrogens is 380 g/mol. The van der Waals surface area contributed by atoms with Gasteiger partial charge in [-0.25, -0.2) is 0 Å². The van der Waals surface area contributed by atoms with E-state index in [0.29, 0.717) is 29.1 Å². The Morgan fingerprint density at radius 3 is 2.43 bits per heavy atom. The Bertz CT molecular complexity index is 1220. The molecule has 148 valence electrons. The number of phenolic OH excluding ortho intramolecular Hbond substituents is 2. The highest BCUT2D eigenvalue weighted by atomic mass is 16.3. The number of H-pyrrole nitrogens is 1. The van der Waals surface area contributed by atoms with Crippen molar-refractivity contribution in [2.45, 2.75) is 12.6 Å². The first kappa shape index (κ1) is 17.9. The molecule has 0 saturated heterocycles. The zero-order chi connectivity index (χ0) is 20.7. The van der Waals surface area contributed by atoms with Crippen molar-refractivity contribution in [1.82, 2.24) is 20.1 Å². The molecule has 5 rings (SSSR count). The van der Waals surface area contributed by atoms with Gasteiger partial charge < -0.3 is 15.1 Å². The first-order valence-corrected chi connectivity index (χ1v) is 9.49. The summed E-state index contributed by atoms with van der Waals surface area (Å²) in [5.41, 5.74) is 3.99. The smallest absolute Gasteiger partial charge is 0.273 e. The van der Waals surface area contributed by atoms with E-state index in [-0.39, 0.29) is 17.4 Å². The van der Waals surface area contributed by atoms with Crippen molar-refractivity contribution in [3.8, 4) is 22.8 Å². The maximum Gasteiger partial charge on any atom is 0.273 e. The number of rotatable bonds is 4. The minimum atomic E-state index is -0.422. The summed E-state index contributed by atoms with van der Waals surface area (Å²) in [6.45, 7) is 0.385. The van der Waals surface area contributed by atoms with Crippen LogP contribution in [0.15, 0.2) is 73.1 Å². The molecule has 0 aliphatic carbocycles. The van der Waals surface area contributed by atoms with Gasteiger partial charge in [-0.15, -0.1) is 0 Å². The summed E-state index contributed by atoms with van der Waals surface area (Å²) in [5, 5.41) is 27.4. The first-order valence-electron chi connectivity index (χ1n) is 9.49. The van der Waals surface area contributed by atoms with Crippen LogP contribution in [0.25, 0.3) is 11.3 Å². The fraction of sp³-hybridized carbons (Fsp3) is 0.0870.